The molecule has 4 rings (SSSR count). The first-order valence-electron chi connectivity index (χ1n) is 14.0. The van der Waals surface area contributed by atoms with Gasteiger partial charge in [-0.25, -0.2) is 12.8 Å². The van der Waals surface area contributed by atoms with Crippen LogP contribution in [0.5, 0.6) is 11.5 Å². The zero-order valence-corrected chi connectivity index (χ0v) is 26.1. The molecule has 1 heterocycles. The fourth-order valence-corrected chi connectivity index (χ4v) is 5.41. The zero-order chi connectivity index (χ0) is 30.3. The van der Waals surface area contributed by atoms with Crippen LogP contribution in [0, 0.1) is 11.7 Å². The number of aliphatic hydroxyl groups excluding tert-OH is 1. The molecule has 0 aromatic heterocycles. The fourth-order valence-electron chi connectivity index (χ4n) is 4.84. The van der Waals surface area contributed by atoms with Crippen molar-refractivity contribution in [3.05, 3.63) is 84.2 Å². The third kappa shape index (κ3) is 10.8. The number of hydrogen-bond donors (Lipinski definition) is 4. The normalized spacial score (nSPS) is 15.8. The molecule has 9 nitrogen and oxygen atoms in total. The van der Waals surface area contributed by atoms with Gasteiger partial charge in [0.2, 0.25) is 15.9 Å². The van der Waals surface area contributed by atoms with E-state index in [2.05, 4.69) is 20.3 Å². The molecule has 2 atom stereocenters. The lowest BCUT2D eigenvalue weighted by Crippen LogP contribution is -2.56. The number of benzene rings is 3. The molecule has 3 aromatic carbocycles. The lowest BCUT2D eigenvalue weighted by atomic mass is 9.96. The standard InChI is InChI=1S/C31H39FN4O5S.ClH/c1-21(2)30(37)29(31(38)34-24-8-6-23(32)7-9-24)33-25-16-18-36(19-17-25)20-22-4-12-27(13-5-22)41-28-14-10-26(11-15-28)35-42(3,39)40;/h4-15,21,25,29-30,33,35,37H,16-20H2,1-3H3,(H,34,38);1H. The number of nitrogens with one attached hydrogen (secondary N) is 3. The van der Waals surface area contributed by atoms with Crippen molar-refractivity contribution in [1.82, 2.24) is 10.2 Å². The number of halogens is 2. The molecule has 2 unspecified atom stereocenters. The highest BCUT2D eigenvalue weighted by molar-refractivity contribution is 7.92. The molecular weight excluding hydrogens is 595 g/mol. The minimum Gasteiger partial charge on any atom is -0.457 e. The summed E-state index contributed by atoms with van der Waals surface area (Å²) in [5.74, 6) is 0.441. The zero-order valence-electron chi connectivity index (χ0n) is 24.5. The van der Waals surface area contributed by atoms with Crippen molar-refractivity contribution in [2.45, 2.75) is 51.4 Å². The number of carbonyl (C=O) groups excluding carboxylic acids is 1. The average molecular weight is 635 g/mol. The SMILES string of the molecule is CC(C)C(O)C(NC1CCN(Cc2ccc(Oc3ccc(NS(C)(=O)=O)cc3)cc2)CC1)C(=O)Nc1ccc(F)cc1.Cl. The number of likely N-dealkylation sites (tertiary alicyclic amines) is 1. The van der Waals surface area contributed by atoms with Gasteiger partial charge >= 0.3 is 0 Å². The smallest absolute Gasteiger partial charge is 0.244 e. The largest absolute Gasteiger partial charge is 0.457 e. The number of carbonyl (C=O) groups is 1. The maximum Gasteiger partial charge on any atom is 0.244 e. The Morgan fingerprint density at radius 2 is 1.49 bits per heavy atom. The predicted octanol–water partition coefficient (Wildman–Crippen LogP) is 4.99. The second-order valence-corrected chi connectivity index (χ2v) is 12.8. The Morgan fingerprint density at radius 1 is 0.953 bits per heavy atom. The van der Waals surface area contributed by atoms with Crippen LogP contribution in [-0.2, 0) is 21.4 Å². The van der Waals surface area contributed by atoms with Gasteiger partial charge in [0.1, 0.15) is 23.4 Å². The van der Waals surface area contributed by atoms with E-state index in [1.54, 1.807) is 24.3 Å². The highest BCUT2D eigenvalue weighted by Gasteiger charge is 2.32. The van der Waals surface area contributed by atoms with Crippen molar-refractivity contribution in [2.75, 3.05) is 29.4 Å². The summed E-state index contributed by atoms with van der Waals surface area (Å²) in [6.07, 6.45) is 1.89. The Bertz CT molecular complexity index is 1420. The first kappa shape index (κ1) is 34.3. The van der Waals surface area contributed by atoms with Gasteiger partial charge in [0.15, 0.2) is 0 Å². The highest BCUT2D eigenvalue weighted by Crippen LogP contribution is 2.25. The number of piperidine rings is 1. The van der Waals surface area contributed by atoms with Crippen LogP contribution in [0.15, 0.2) is 72.8 Å². The van der Waals surface area contributed by atoms with Gasteiger partial charge in [-0.3, -0.25) is 14.4 Å². The van der Waals surface area contributed by atoms with E-state index >= 15 is 0 Å². The van der Waals surface area contributed by atoms with Crippen molar-refractivity contribution in [3.63, 3.8) is 0 Å². The molecular formula is C31H40ClFN4O5S. The van der Waals surface area contributed by atoms with Crippen LogP contribution in [0.3, 0.4) is 0 Å². The third-order valence-electron chi connectivity index (χ3n) is 7.14. The van der Waals surface area contributed by atoms with E-state index in [0.29, 0.717) is 22.9 Å². The van der Waals surface area contributed by atoms with E-state index < -0.39 is 22.2 Å². The molecule has 4 N–H and O–H groups in total. The Morgan fingerprint density at radius 3 is 2.02 bits per heavy atom. The lowest BCUT2D eigenvalue weighted by Gasteiger charge is -2.36. The Balaban J connectivity index is 0.00000506. The second-order valence-electron chi connectivity index (χ2n) is 11.1. The first-order chi connectivity index (χ1) is 19.9. The van der Waals surface area contributed by atoms with E-state index in [1.807, 2.05) is 38.1 Å². The van der Waals surface area contributed by atoms with E-state index in [1.165, 1.54) is 24.3 Å². The molecule has 0 saturated carbocycles. The molecule has 1 aliphatic rings. The van der Waals surface area contributed by atoms with Gasteiger partial charge in [0.25, 0.3) is 0 Å². The number of amides is 1. The van der Waals surface area contributed by atoms with Gasteiger partial charge in [-0.1, -0.05) is 26.0 Å². The summed E-state index contributed by atoms with van der Waals surface area (Å²) in [4.78, 5) is 15.4. The molecule has 0 spiro atoms. The van der Waals surface area contributed by atoms with Crippen LogP contribution < -0.4 is 20.1 Å². The second kappa shape index (κ2) is 15.5. The van der Waals surface area contributed by atoms with Gasteiger partial charge in [-0.15, -0.1) is 12.4 Å². The van der Waals surface area contributed by atoms with Crippen molar-refractivity contribution < 1.29 is 27.4 Å². The van der Waals surface area contributed by atoms with Crippen LogP contribution in [0.2, 0.25) is 0 Å². The molecule has 12 heteroatoms. The van der Waals surface area contributed by atoms with E-state index in [9.17, 15) is 22.7 Å². The maximum absolute atomic E-state index is 13.3. The molecule has 1 fully saturated rings. The number of nitrogens with zero attached hydrogens (tertiary/aromatic N) is 1. The van der Waals surface area contributed by atoms with E-state index in [4.69, 9.17) is 4.74 Å². The summed E-state index contributed by atoms with van der Waals surface area (Å²) in [5, 5.41) is 17.0. The fraction of sp³-hybridized carbons (Fsp3) is 0.387. The molecule has 234 valence electrons. The highest BCUT2D eigenvalue weighted by atomic mass is 35.5. The van der Waals surface area contributed by atoms with Gasteiger partial charge in [0.05, 0.1) is 12.4 Å². The summed E-state index contributed by atoms with van der Waals surface area (Å²) in [6.45, 7) is 6.21. The predicted molar refractivity (Wildman–Crippen MR) is 170 cm³/mol. The van der Waals surface area contributed by atoms with Crippen molar-refractivity contribution >= 4 is 39.7 Å². The molecule has 43 heavy (non-hydrogen) atoms. The van der Waals surface area contributed by atoms with Crippen molar-refractivity contribution in [3.8, 4) is 11.5 Å². The summed E-state index contributed by atoms with van der Waals surface area (Å²) in [7, 11) is -3.33. The minimum atomic E-state index is -3.33. The molecule has 0 bridgehead atoms. The van der Waals surface area contributed by atoms with E-state index in [0.717, 1.165) is 44.3 Å². The third-order valence-corrected chi connectivity index (χ3v) is 7.75. The van der Waals surface area contributed by atoms with Crippen LogP contribution >= 0.6 is 12.4 Å². The number of ether oxygens (including phenoxy) is 1. The summed E-state index contributed by atoms with van der Waals surface area (Å²) in [5.41, 5.74) is 2.10. The first-order valence-corrected chi connectivity index (χ1v) is 15.9. The van der Waals surface area contributed by atoms with Crippen LogP contribution in [0.25, 0.3) is 0 Å². The van der Waals surface area contributed by atoms with Crippen LogP contribution in [-0.4, -0.2) is 61.9 Å². The summed E-state index contributed by atoms with van der Waals surface area (Å²) < 4.78 is 44.3. The monoisotopic (exact) mass is 634 g/mol. The van der Waals surface area contributed by atoms with Gasteiger partial charge in [0, 0.05) is 24.0 Å². The van der Waals surface area contributed by atoms with Gasteiger partial charge in [-0.2, -0.15) is 0 Å². The van der Waals surface area contributed by atoms with Gasteiger partial charge < -0.3 is 20.5 Å². The number of anilines is 2. The lowest BCUT2D eigenvalue weighted by molar-refractivity contribution is -0.122. The minimum absolute atomic E-state index is 0. The summed E-state index contributed by atoms with van der Waals surface area (Å²) in [6, 6.07) is 19.4. The molecule has 0 radical (unpaired) electrons. The average Bonchev–Trinajstić information content (AvgIpc) is 2.94. The van der Waals surface area contributed by atoms with Crippen molar-refractivity contribution in [2.24, 2.45) is 5.92 Å². The maximum atomic E-state index is 13.3. The van der Waals surface area contributed by atoms with Crippen LogP contribution in [0.1, 0.15) is 32.3 Å². The van der Waals surface area contributed by atoms with Crippen molar-refractivity contribution in [1.29, 1.82) is 0 Å². The quantitative estimate of drug-likeness (QED) is 0.222. The summed E-state index contributed by atoms with van der Waals surface area (Å²) >= 11 is 0. The topological polar surface area (TPSA) is 120 Å². The Kier molecular flexibility index (Phi) is 12.3. The number of hydrogen-bond acceptors (Lipinski definition) is 7. The van der Waals surface area contributed by atoms with Crippen LogP contribution in [0.4, 0.5) is 15.8 Å². The molecule has 1 saturated heterocycles. The molecule has 1 amide bonds. The Labute approximate surface area is 259 Å². The number of aliphatic hydroxyl groups is 1. The Hall–Kier alpha value is -3.22. The molecule has 0 aliphatic carbocycles. The van der Waals surface area contributed by atoms with Gasteiger partial charge in [-0.05, 0) is 98.1 Å². The molecule has 1 aliphatic heterocycles. The molecule has 3 aromatic rings. The number of rotatable bonds is 12. The van der Waals surface area contributed by atoms with E-state index in [-0.39, 0.29) is 36.1 Å². The number of sulfonamides is 1.